The number of pyridine rings is 1. The lowest BCUT2D eigenvalue weighted by Gasteiger charge is -2.16. The molecular formula is C9H12F2N2. The van der Waals surface area contributed by atoms with E-state index in [1.54, 1.807) is 25.3 Å². The third-order valence-corrected chi connectivity index (χ3v) is 1.72. The maximum Gasteiger partial charge on any atom is 0.257 e. The highest BCUT2D eigenvalue weighted by atomic mass is 19.3. The Morgan fingerprint density at radius 1 is 1.54 bits per heavy atom. The van der Waals surface area contributed by atoms with Crippen LogP contribution in [0.3, 0.4) is 0 Å². The Balaban J connectivity index is 2.76. The minimum Gasteiger partial charge on any atom is -0.305 e. The van der Waals surface area contributed by atoms with Gasteiger partial charge in [-0.2, -0.15) is 0 Å². The zero-order valence-electron chi connectivity index (χ0n) is 7.37. The summed E-state index contributed by atoms with van der Waals surface area (Å²) in [5.41, 5.74) is 0.527. The van der Waals surface area contributed by atoms with Crippen molar-refractivity contribution in [3.63, 3.8) is 0 Å². The number of nitrogens with zero attached hydrogens (tertiary/aromatic N) is 1. The molecule has 1 atom stereocenters. The molecule has 0 fully saturated rings. The zero-order chi connectivity index (χ0) is 9.68. The lowest BCUT2D eigenvalue weighted by molar-refractivity contribution is 0.0991. The van der Waals surface area contributed by atoms with E-state index in [0.717, 1.165) is 0 Å². The molecule has 1 N–H and O–H groups in total. The predicted octanol–water partition coefficient (Wildman–Crippen LogP) is 2.00. The molecule has 2 nitrogen and oxygen atoms in total. The van der Waals surface area contributed by atoms with Gasteiger partial charge in [0.2, 0.25) is 0 Å². The average Bonchev–Trinajstić information content (AvgIpc) is 2.15. The quantitative estimate of drug-likeness (QED) is 0.777. The largest absolute Gasteiger partial charge is 0.305 e. The molecule has 0 aliphatic heterocycles. The van der Waals surface area contributed by atoms with Crippen LogP contribution in [-0.2, 0) is 0 Å². The molecule has 1 unspecified atom stereocenters. The van der Waals surface area contributed by atoms with E-state index in [4.69, 9.17) is 0 Å². The third kappa shape index (κ3) is 2.73. The number of halogens is 2. The van der Waals surface area contributed by atoms with Gasteiger partial charge in [-0.25, -0.2) is 8.78 Å². The lowest BCUT2D eigenvalue weighted by Crippen LogP contribution is -2.27. The van der Waals surface area contributed by atoms with E-state index in [0.29, 0.717) is 12.1 Å². The summed E-state index contributed by atoms with van der Waals surface area (Å²) in [6.45, 7) is 2.32. The summed E-state index contributed by atoms with van der Waals surface area (Å²) in [7, 11) is 0. The van der Waals surface area contributed by atoms with Crippen molar-refractivity contribution in [2.75, 3.05) is 6.54 Å². The summed E-state index contributed by atoms with van der Waals surface area (Å²) >= 11 is 0. The minimum absolute atomic E-state index is 0.518. The molecule has 0 radical (unpaired) electrons. The highest BCUT2D eigenvalue weighted by Gasteiger charge is 2.20. The topological polar surface area (TPSA) is 24.9 Å². The number of aromatic nitrogens is 1. The number of hydrogen-bond donors (Lipinski definition) is 1. The second-order valence-electron chi connectivity index (χ2n) is 2.66. The van der Waals surface area contributed by atoms with E-state index >= 15 is 0 Å². The normalized spacial score (nSPS) is 13.2. The van der Waals surface area contributed by atoms with Crippen LogP contribution in [0.5, 0.6) is 0 Å². The molecule has 72 valence electrons. The molecule has 0 spiro atoms. The average molecular weight is 186 g/mol. The summed E-state index contributed by atoms with van der Waals surface area (Å²) in [6.07, 6.45) is 0.626. The van der Waals surface area contributed by atoms with E-state index in [1.165, 1.54) is 6.20 Å². The highest BCUT2D eigenvalue weighted by molar-refractivity contribution is 5.14. The Morgan fingerprint density at radius 3 is 2.77 bits per heavy atom. The van der Waals surface area contributed by atoms with Gasteiger partial charge in [0.05, 0.1) is 6.04 Å². The van der Waals surface area contributed by atoms with Crippen LogP contribution in [0.15, 0.2) is 24.5 Å². The Bertz CT molecular complexity index is 239. The van der Waals surface area contributed by atoms with Crippen LogP contribution in [-0.4, -0.2) is 18.0 Å². The number of alkyl halides is 2. The molecule has 4 heteroatoms. The van der Waals surface area contributed by atoms with Gasteiger partial charge in [0.15, 0.2) is 0 Å². The SMILES string of the molecule is CCNC(c1cccnc1)C(F)F. The molecule has 1 heterocycles. The van der Waals surface area contributed by atoms with Crippen molar-refractivity contribution in [1.29, 1.82) is 0 Å². The van der Waals surface area contributed by atoms with Crippen LogP contribution in [0.1, 0.15) is 18.5 Å². The van der Waals surface area contributed by atoms with Crippen LogP contribution in [0.25, 0.3) is 0 Å². The van der Waals surface area contributed by atoms with Gasteiger partial charge >= 0.3 is 0 Å². The standard InChI is InChI=1S/C9H12F2N2/c1-2-13-8(9(10)11)7-4-3-5-12-6-7/h3-6,8-9,13H,2H2,1H3. The molecule has 0 saturated heterocycles. The molecular weight excluding hydrogens is 174 g/mol. The van der Waals surface area contributed by atoms with Crippen LogP contribution in [0, 0.1) is 0 Å². The summed E-state index contributed by atoms with van der Waals surface area (Å²) in [5.74, 6) is 0. The van der Waals surface area contributed by atoms with Gasteiger partial charge in [-0.1, -0.05) is 13.0 Å². The van der Waals surface area contributed by atoms with Crippen molar-refractivity contribution in [3.05, 3.63) is 30.1 Å². The first kappa shape index (κ1) is 10.1. The first-order valence-corrected chi connectivity index (χ1v) is 4.17. The van der Waals surface area contributed by atoms with Gasteiger partial charge in [0, 0.05) is 12.4 Å². The Morgan fingerprint density at radius 2 is 2.31 bits per heavy atom. The van der Waals surface area contributed by atoms with E-state index in [1.807, 2.05) is 0 Å². The minimum atomic E-state index is -2.40. The summed E-state index contributed by atoms with van der Waals surface area (Å²) in [4.78, 5) is 3.80. The van der Waals surface area contributed by atoms with Crippen molar-refractivity contribution >= 4 is 0 Å². The Kier molecular flexibility index (Phi) is 3.76. The van der Waals surface area contributed by atoms with Gasteiger partial charge in [-0.3, -0.25) is 4.98 Å². The highest BCUT2D eigenvalue weighted by Crippen LogP contribution is 2.18. The van der Waals surface area contributed by atoms with E-state index in [-0.39, 0.29) is 0 Å². The van der Waals surface area contributed by atoms with E-state index in [2.05, 4.69) is 10.3 Å². The smallest absolute Gasteiger partial charge is 0.257 e. The van der Waals surface area contributed by atoms with Gasteiger partial charge in [0.1, 0.15) is 0 Å². The predicted molar refractivity (Wildman–Crippen MR) is 46.7 cm³/mol. The molecule has 0 aromatic carbocycles. The molecule has 0 aliphatic carbocycles. The van der Waals surface area contributed by atoms with Crippen molar-refractivity contribution in [3.8, 4) is 0 Å². The first-order chi connectivity index (χ1) is 6.25. The zero-order valence-corrected chi connectivity index (χ0v) is 7.37. The van der Waals surface area contributed by atoms with Crippen molar-refractivity contribution in [2.24, 2.45) is 0 Å². The summed E-state index contributed by atoms with van der Waals surface area (Å²) < 4.78 is 25.0. The molecule has 13 heavy (non-hydrogen) atoms. The molecule has 1 aromatic rings. The fourth-order valence-electron chi connectivity index (χ4n) is 1.13. The van der Waals surface area contributed by atoms with Crippen molar-refractivity contribution in [1.82, 2.24) is 10.3 Å². The second kappa shape index (κ2) is 4.87. The molecule has 0 bridgehead atoms. The molecule has 0 saturated carbocycles. The maximum atomic E-state index is 12.5. The van der Waals surface area contributed by atoms with Gasteiger partial charge < -0.3 is 5.32 Å². The Hall–Kier alpha value is -1.03. The van der Waals surface area contributed by atoms with Crippen molar-refractivity contribution < 1.29 is 8.78 Å². The van der Waals surface area contributed by atoms with Gasteiger partial charge in [-0.15, -0.1) is 0 Å². The second-order valence-corrected chi connectivity index (χ2v) is 2.66. The monoisotopic (exact) mass is 186 g/mol. The van der Waals surface area contributed by atoms with Crippen LogP contribution in [0.2, 0.25) is 0 Å². The molecule has 1 rings (SSSR count). The number of hydrogen-bond acceptors (Lipinski definition) is 2. The molecule has 0 aliphatic rings. The number of rotatable bonds is 4. The summed E-state index contributed by atoms with van der Waals surface area (Å²) in [6, 6.07) is 2.40. The Labute approximate surface area is 76.0 Å². The lowest BCUT2D eigenvalue weighted by atomic mass is 10.1. The number of nitrogens with one attached hydrogen (secondary N) is 1. The van der Waals surface area contributed by atoms with Crippen LogP contribution < -0.4 is 5.32 Å². The fourth-order valence-corrected chi connectivity index (χ4v) is 1.13. The molecule has 0 amide bonds. The van der Waals surface area contributed by atoms with Gasteiger partial charge in [-0.05, 0) is 18.2 Å². The molecule has 1 aromatic heterocycles. The van der Waals surface area contributed by atoms with Gasteiger partial charge in [0.25, 0.3) is 6.43 Å². The first-order valence-electron chi connectivity index (χ1n) is 4.17. The van der Waals surface area contributed by atoms with E-state index < -0.39 is 12.5 Å². The fraction of sp³-hybridized carbons (Fsp3) is 0.444. The maximum absolute atomic E-state index is 12.5. The third-order valence-electron chi connectivity index (χ3n) is 1.72. The van der Waals surface area contributed by atoms with Crippen LogP contribution in [0.4, 0.5) is 8.78 Å². The summed E-state index contributed by atoms with van der Waals surface area (Å²) in [5, 5.41) is 2.71. The van der Waals surface area contributed by atoms with E-state index in [9.17, 15) is 8.78 Å². The van der Waals surface area contributed by atoms with Crippen molar-refractivity contribution in [2.45, 2.75) is 19.4 Å². The van der Waals surface area contributed by atoms with Crippen LogP contribution >= 0.6 is 0 Å².